The maximum absolute atomic E-state index is 12.0. The molecule has 2 rings (SSSR count). The Balaban J connectivity index is 0.00000162. The molecule has 1 aromatic carbocycles. The summed E-state index contributed by atoms with van der Waals surface area (Å²) in [6.07, 6.45) is 4.67. The molecule has 18 heavy (non-hydrogen) atoms. The molecule has 1 aliphatic rings. The van der Waals surface area contributed by atoms with Crippen LogP contribution in [0.5, 0.6) is 0 Å². The molecule has 0 amide bonds. The second-order valence-electron chi connectivity index (χ2n) is 5.39. The SMILES string of the molecule is C[N+]1(CCC(=O)c2ccccc2)CCCCC1.[I-]. The van der Waals surface area contributed by atoms with E-state index in [2.05, 4.69) is 7.05 Å². The van der Waals surface area contributed by atoms with Gasteiger partial charge in [0.15, 0.2) is 5.78 Å². The number of nitrogens with zero attached hydrogens (tertiary/aromatic N) is 1. The third-order valence-corrected chi connectivity index (χ3v) is 3.87. The van der Waals surface area contributed by atoms with Gasteiger partial charge in [-0.1, -0.05) is 30.3 Å². The zero-order valence-corrected chi connectivity index (χ0v) is 13.2. The summed E-state index contributed by atoms with van der Waals surface area (Å²) in [7, 11) is 2.29. The molecule has 0 bridgehead atoms. The summed E-state index contributed by atoms with van der Waals surface area (Å²) in [6, 6.07) is 9.65. The fourth-order valence-corrected chi connectivity index (χ4v) is 2.64. The van der Waals surface area contributed by atoms with Crippen molar-refractivity contribution in [1.82, 2.24) is 0 Å². The van der Waals surface area contributed by atoms with Gasteiger partial charge in [-0.3, -0.25) is 4.79 Å². The Kier molecular flexibility index (Phi) is 6.29. The van der Waals surface area contributed by atoms with Crippen molar-refractivity contribution in [3.63, 3.8) is 0 Å². The number of Topliss-reactive ketones (excluding diaryl/α,β-unsaturated/α-hetero) is 1. The molecule has 1 fully saturated rings. The van der Waals surface area contributed by atoms with Crippen molar-refractivity contribution in [1.29, 1.82) is 0 Å². The second kappa shape index (κ2) is 7.24. The van der Waals surface area contributed by atoms with E-state index in [9.17, 15) is 4.79 Å². The number of hydrogen-bond donors (Lipinski definition) is 0. The van der Waals surface area contributed by atoms with E-state index in [1.54, 1.807) is 0 Å². The van der Waals surface area contributed by atoms with Crippen LogP contribution < -0.4 is 24.0 Å². The minimum atomic E-state index is 0. The predicted molar refractivity (Wildman–Crippen MR) is 70.0 cm³/mol. The summed E-state index contributed by atoms with van der Waals surface area (Å²) in [5.41, 5.74) is 0.858. The van der Waals surface area contributed by atoms with Crippen molar-refractivity contribution in [2.75, 3.05) is 26.7 Å². The largest absolute Gasteiger partial charge is 1.00 e. The minimum absolute atomic E-state index is 0. The number of ketones is 1. The Morgan fingerprint density at radius 3 is 2.33 bits per heavy atom. The molecule has 2 nitrogen and oxygen atoms in total. The summed E-state index contributed by atoms with van der Waals surface area (Å²) < 4.78 is 1.08. The zero-order chi connectivity index (χ0) is 12.1. The summed E-state index contributed by atoms with van der Waals surface area (Å²) in [4.78, 5) is 12.0. The van der Waals surface area contributed by atoms with E-state index in [1.807, 2.05) is 30.3 Å². The third-order valence-electron chi connectivity index (χ3n) is 3.87. The fraction of sp³-hybridized carbons (Fsp3) is 0.533. The van der Waals surface area contributed by atoms with Crippen LogP contribution in [0.2, 0.25) is 0 Å². The molecule has 1 aromatic rings. The van der Waals surface area contributed by atoms with Crippen LogP contribution >= 0.6 is 0 Å². The van der Waals surface area contributed by atoms with Crippen LogP contribution in [0.25, 0.3) is 0 Å². The van der Waals surface area contributed by atoms with Crippen LogP contribution in [0.4, 0.5) is 0 Å². The average Bonchev–Trinajstić information content (AvgIpc) is 2.38. The van der Waals surface area contributed by atoms with E-state index in [-0.39, 0.29) is 29.8 Å². The standard InChI is InChI=1S/C15H22NO.HI/c1-16(11-6-3-7-12-16)13-10-15(17)14-8-4-2-5-9-14;/h2,4-5,8-9H,3,6-7,10-13H2,1H3;1H/q+1;/p-1. The van der Waals surface area contributed by atoms with Crippen molar-refractivity contribution >= 4 is 5.78 Å². The fourth-order valence-electron chi connectivity index (χ4n) is 2.64. The molecular weight excluding hydrogens is 337 g/mol. The van der Waals surface area contributed by atoms with Crippen LogP contribution in [-0.4, -0.2) is 36.9 Å². The Morgan fingerprint density at radius 1 is 1.11 bits per heavy atom. The highest BCUT2D eigenvalue weighted by Gasteiger charge is 2.25. The molecular formula is C15H22INO. The van der Waals surface area contributed by atoms with Crippen molar-refractivity contribution in [3.8, 4) is 0 Å². The molecule has 0 atom stereocenters. The van der Waals surface area contributed by atoms with Gasteiger partial charge in [0.1, 0.15) is 0 Å². The smallest absolute Gasteiger partial charge is 0.168 e. The third kappa shape index (κ3) is 4.35. The monoisotopic (exact) mass is 359 g/mol. The van der Waals surface area contributed by atoms with E-state index in [4.69, 9.17) is 0 Å². The molecule has 0 spiro atoms. The lowest BCUT2D eigenvalue weighted by Crippen LogP contribution is -3.00. The van der Waals surface area contributed by atoms with Gasteiger partial charge >= 0.3 is 0 Å². The molecule has 1 aliphatic heterocycles. The van der Waals surface area contributed by atoms with Crippen LogP contribution in [-0.2, 0) is 0 Å². The van der Waals surface area contributed by atoms with Gasteiger partial charge in [-0.15, -0.1) is 0 Å². The van der Waals surface area contributed by atoms with E-state index in [0.29, 0.717) is 6.42 Å². The highest BCUT2D eigenvalue weighted by Crippen LogP contribution is 2.17. The molecule has 0 unspecified atom stereocenters. The summed E-state index contributed by atoms with van der Waals surface area (Å²) >= 11 is 0. The molecule has 1 saturated heterocycles. The number of halogens is 1. The molecule has 0 radical (unpaired) electrons. The normalized spacial score (nSPS) is 17.8. The Bertz CT molecular complexity index is 371. The Hall–Kier alpha value is -0.420. The number of quaternary nitrogens is 1. The number of rotatable bonds is 4. The van der Waals surface area contributed by atoms with Gasteiger partial charge in [-0.25, -0.2) is 0 Å². The molecule has 0 aromatic heterocycles. The molecule has 0 aliphatic carbocycles. The summed E-state index contributed by atoms with van der Waals surface area (Å²) in [6.45, 7) is 3.47. The van der Waals surface area contributed by atoms with Crippen LogP contribution in [0.15, 0.2) is 30.3 Å². The highest BCUT2D eigenvalue weighted by molar-refractivity contribution is 5.96. The zero-order valence-electron chi connectivity index (χ0n) is 11.1. The van der Waals surface area contributed by atoms with E-state index >= 15 is 0 Å². The van der Waals surface area contributed by atoms with Crippen LogP contribution in [0, 0.1) is 0 Å². The average molecular weight is 359 g/mol. The summed E-state index contributed by atoms with van der Waals surface area (Å²) in [5.74, 6) is 0.288. The Labute approximate surface area is 127 Å². The Morgan fingerprint density at radius 2 is 1.72 bits per heavy atom. The van der Waals surface area contributed by atoms with E-state index in [0.717, 1.165) is 16.6 Å². The number of hydrogen-bond acceptors (Lipinski definition) is 1. The van der Waals surface area contributed by atoms with Crippen LogP contribution in [0.1, 0.15) is 36.0 Å². The van der Waals surface area contributed by atoms with Gasteiger partial charge in [0.2, 0.25) is 0 Å². The lowest BCUT2D eigenvalue weighted by atomic mass is 10.0. The highest BCUT2D eigenvalue weighted by atomic mass is 127. The molecule has 3 heteroatoms. The van der Waals surface area contributed by atoms with Crippen molar-refractivity contribution in [3.05, 3.63) is 35.9 Å². The second-order valence-corrected chi connectivity index (χ2v) is 5.39. The van der Waals surface area contributed by atoms with Crippen LogP contribution in [0.3, 0.4) is 0 Å². The maximum atomic E-state index is 12.0. The minimum Gasteiger partial charge on any atom is -1.00 e. The van der Waals surface area contributed by atoms with Gasteiger partial charge in [-0.2, -0.15) is 0 Å². The van der Waals surface area contributed by atoms with Crippen molar-refractivity contribution in [2.45, 2.75) is 25.7 Å². The lowest BCUT2D eigenvalue weighted by molar-refractivity contribution is -0.913. The molecule has 0 saturated carbocycles. The molecule has 100 valence electrons. The molecule has 1 heterocycles. The first-order chi connectivity index (χ1) is 8.20. The van der Waals surface area contributed by atoms with Gasteiger partial charge in [0.05, 0.1) is 33.1 Å². The summed E-state index contributed by atoms with van der Waals surface area (Å²) in [5, 5.41) is 0. The number of piperidine rings is 1. The van der Waals surface area contributed by atoms with Gasteiger partial charge in [0, 0.05) is 5.56 Å². The first kappa shape index (κ1) is 15.6. The van der Waals surface area contributed by atoms with Gasteiger partial charge in [0.25, 0.3) is 0 Å². The lowest BCUT2D eigenvalue weighted by Gasteiger charge is -2.37. The number of likely N-dealkylation sites (tertiary alicyclic amines) is 1. The number of benzene rings is 1. The number of carbonyl (C=O) groups excluding carboxylic acids is 1. The van der Waals surface area contributed by atoms with E-state index in [1.165, 1.54) is 32.4 Å². The first-order valence-electron chi connectivity index (χ1n) is 6.61. The van der Waals surface area contributed by atoms with Gasteiger partial charge in [-0.05, 0) is 19.3 Å². The molecule has 0 N–H and O–H groups in total. The van der Waals surface area contributed by atoms with Crippen molar-refractivity contribution in [2.24, 2.45) is 0 Å². The predicted octanol–water partition coefficient (Wildman–Crippen LogP) is -0.106. The quantitative estimate of drug-likeness (QED) is 0.417. The topological polar surface area (TPSA) is 17.1 Å². The van der Waals surface area contributed by atoms with Gasteiger partial charge < -0.3 is 28.5 Å². The van der Waals surface area contributed by atoms with E-state index < -0.39 is 0 Å². The first-order valence-corrected chi connectivity index (χ1v) is 6.61. The maximum Gasteiger partial charge on any atom is 0.168 e. The van der Waals surface area contributed by atoms with Crippen molar-refractivity contribution < 1.29 is 33.3 Å². The number of carbonyl (C=O) groups is 1.